The van der Waals surface area contributed by atoms with Crippen LogP contribution in [0, 0.1) is 29.6 Å². The van der Waals surface area contributed by atoms with Gasteiger partial charge in [-0.05, 0) is 29.6 Å². The molecular weight excluding hydrogens is 228 g/mol. The number of hydrogen-bond acceptors (Lipinski definition) is 0. The van der Waals surface area contributed by atoms with Gasteiger partial charge in [0.25, 0.3) is 0 Å². The van der Waals surface area contributed by atoms with E-state index in [0.29, 0.717) is 0 Å². The topological polar surface area (TPSA) is 0 Å². The van der Waals surface area contributed by atoms with Gasteiger partial charge in [-0.15, -0.1) is 0 Å². The Morgan fingerprint density at radius 1 is 0.474 bits per heavy atom. The second kappa shape index (κ2) is 10.7. The van der Waals surface area contributed by atoms with Gasteiger partial charge >= 0.3 is 0 Å². The molecule has 0 spiro atoms. The maximum atomic E-state index is 2.47. The lowest BCUT2D eigenvalue weighted by Crippen LogP contribution is -2.12. The molecule has 0 heterocycles. The first kappa shape index (κ1) is 19.0. The van der Waals surface area contributed by atoms with Crippen molar-refractivity contribution >= 4 is 0 Å². The van der Waals surface area contributed by atoms with Gasteiger partial charge in [0.2, 0.25) is 0 Å². The molecule has 116 valence electrons. The normalized spacial score (nSPS) is 16.9. The molecule has 0 aromatic carbocycles. The summed E-state index contributed by atoms with van der Waals surface area (Å²) in [6, 6.07) is 0. The number of hydrogen-bond donors (Lipinski definition) is 0. The van der Waals surface area contributed by atoms with Gasteiger partial charge in [0, 0.05) is 0 Å². The van der Waals surface area contributed by atoms with Gasteiger partial charge in [0.15, 0.2) is 0 Å². The van der Waals surface area contributed by atoms with Crippen molar-refractivity contribution in [2.24, 2.45) is 29.6 Å². The first-order valence-corrected chi connectivity index (χ1v) is 8.84. The van der Waals surface area contributed by atoms with Crippen LogP contribution >= 0.6 is 0 Å². The van der Waals surface area contributed by atoms with E-state index in [1.165, 1.54) is 44.9 Å². The van der Waals surface area contributed by atoms with E-state index in [0.717, 1.165) is 29.6 Å². The highest BCUT2D eigenvalue weighted by atomic mass is 14.2. The molecule has 19 heavy (non-hydrogen) atoms. The molecule has 0 saturated carbocycles. The van der Waals surface area contributed by atoms with Crippen LogP contribution in [-0.2, 0) is 0 Å². The zero-order valence-corrected chi connectivity index (χ0v) is 14.8. The summed E-state index contributed by atoms with van der Waals surface area (Å²) in [5.41, 5.74) is 0. The Morgan fingerprint density at radius 2 is 0.947 bits per heavy atom. The van der Waals surface area contributed by atoms with Gasteiger partial charge in [-0.3, -0.25) is 0 Å². The minimum atomic E-state index is 0.846. The lowest BCUT2D eigenvalue weighted by Gasteiger charge is -2.23. The van der Waals surface area contributed by atoms with E-state index in [9.17, 15) is 0 Å². The van der Waals surface area contributed by atoms with Crippen molar-refractivity contribution in [1.82, 2.24) is 0 Å². The third kappa shape index (κ3) is 10.4. The zero-order valence-electron chi connectivity index (χ0n) is 14.8. The summed E-state index contributed by atoms with van der Waals surface area (Å²) in [6.45, 7) is 16.7. The Hall–Kier alpha value is 0. The van der Waals surface area contributed by atoms with Gasteiger partial charge < -0.3 is 0 Å². The van der Waals surface area contributed by atoms with Crippen LogP contribution in [0.3, 0.4) is 0 Å². The quantitative estimate of drug-likeness (QED) is 0.356. The molecule has 3 unspecified atom stereocenters. The molecule has 0 radical (unpaired) electrons. The molecule has 0 aromatic rings. The summed E-state index contributed by atoms with van der Waals surface area (Å²) in [7, 11) is 0. The molecule has 0 N–H and O–H groups in total. The van der Waals surface area contributed by atoms with Gasteiger partial charge in [-0.25, -0.2) is 0 Å². The molecule has 0 aliphatic rings. The molecule has 0 aliphatic heterocycles. The summed E-state index contributed by atoms with van der Waals surface area (Å²) >= 11 is 0. The molecule has 0 bridgehead atoms. The van der Waals surface area contributed by atoms with E-state index < -0.39 is 0 Å². The van der Waals surface area contributed by atoms with Crippen LogP contribution < -0.4 is 0 Å². The Kier molecular flexibility index (Phi) is 10.7. The molecule has 0 fully saturated rings. The average molecular weight is 269 g/mol. The molecule has 0 aromatic heterocycles. The molecule has 0 rings (SSSR count). The summed E-state index contributed by atoms with van der Waals surface area (Å²) in [5.74, 6) is 4.44. The Bertz CT molecular complexity index is 192. The molecule has 0 aliphatic carbocycles. The maximum absolute atomic E-state index is 2.47. The highest BCUT2D eigenvalue weighted by Gasteiger charge is 2.14. The lowest BCUT2D eigenvalue weighted by molar-refractivity contribution is 0.285. The molecule has 0 heteroatoms. The van der Waals surface area contributed by atoms with E-state index in [1.807, 2.05) is 0 Å². The highest BCUT2D eigenvalue weighted by Crippen LogP contribution is 2.26. The molecule has 0 nitrogen and oxygen atoms in total. The summed E-state index contributed by atoms with van der Waals surface area (Å²) in [5, 5.41) is 0. The summed E-state index contributed by atoms with van der Waals surface area (Å²) in [6.07, 6.45) is 10.0. The van der Waals surface area contributed by atoms with Crippen LogP contribution in [-0.4, -0.2) is 0 Å². The van der Waals surface area contributed by atoms with E-state index in [-0.39, 0.29) is 0 Å². The molecular formula is C19H40. The minimum absolute atomic E-state index is 0.846. The average Bonchev–Trinajstić information content (AvgIpc) is 2.34. The fourth-order valence-electron chi connectivity index (χ4n) is 2.62. The van der Waals surface area contributed by atoms with Crippen molar-refractivity contribution in [3.63, 3.8) is 0 Å². The Morgan fingerprint density at radius 3 is 1.47 bits per heavy atom. The number of unbranched alkanes of at least 4 members (excludes halogenated alkanes) is 2. The van der Waals surface area contributed by atoms with Crippen LogP contribution in [0.5, 0.6) is 0 Å². The van der Waals surface area contributed by atoms with E-state index in [4.69, 9.17) is 0 Å². The second-order valence-corrected chi connectivity index (χ2v) is 7.79. The van der Waals surface area contributed by atoms with Gasteiger partial charge in [-0.1, -0.05) is 93.4 Å². The Balaban J connectivity index is 3.61. The first-order chi connectivity index (χ1) is 8.84. The Labute approximate surface area is 123 Å². The SMILES string of the molecule is CC(C)CCCCCC(C)C(C)CCC(C)C(C)C. The largest absolute Gasteiger partial charge is 0.0628 e. The van der Waals surface area contributed by atoms with Crippen LogP contribution in [0.25, 0.3) is 0 Å². The molecule has 0 amide bonds. The lowest BCUT2D eigenvalue weighted by atomic mass is 9.83. The van der Waals surface area contributed by atoms with Crippen LogP contribution in [0.4, 0.5) is 0 Å². The van der Waals surface area contributed by atoms with Crippen LogP contribution in [0.1, 0.15) is 93.4 Å². The van der Waals surface area contributed by atoms with Crippen LogP contribution in [0.15, 0.2) is 0 Å². The van der Waals surface area contributed by atoms with Crippen molar-refractivity contribution in [3.05, 3.63) is 0 Å². The smallest absolute Gasteiger partial charge is 0.0417 e. The monoisotopic (exact) mass is 268 g/mol. The maximum Gasteiger partial charge on any atom is -0.0417 e. The van der Waals surface area contributed by atoms with Crippen molar-refractivity contribution in [2.75, 3.05) is 0 Å². The number of rotatable bonds is 11. The minimum Gasteiger partial charge on any atom is -0.0628 e. The van der Waals surface area contributed by atoms with E-state index >= 15 is 0 Å². The summed E-state index contributed by atoms with van der Waals surface area (Å²) in [4.78, 5) is 0. The van der Waals surface area contributed by atoms with Gasteiger partial charge in [0.05, 0.1) is 0 Å². The molecule has 3 atom stereocenters. The third-order valence-corrected chi connectivity index (χ3v) is 5.13. The predicted octanol–water partition coefficient (Wildman–Crippen LogP) is 6.94. The van der Waals surface area contributed by atoms with Crippen molar-refractivity contribution in [2.45, 2.75) is 93.4 Å². The van der Waals surface area contributed by atoms with Crippen LogP contribution in [0.2, 0.25) is 0 Å². The van der Waals surface area contributed by atoms with E-state index in [1.54, 1.807) is 0 Å². The van der Waals surface area contributed by atoms with Crippen molar-refractivity contribution in [3.8, 4) is 0 Å². The fraction of sp³-hybridized carbons (Fsp3) is 1.00. The van der Waals surface area contributed by atoms with Gasteiger partial charge in [-0.2, -0.15) is 0 Å². The van der Waals surface area contributed by atoms with Crippen molar-refractivity contribution < 1.29 is 0 Å². The zero-order chi connectivity index (χ0) is 14.8. The predicted molar refractivity (Wildman–Crippen MR) is 89.5 cm³/mol. The highest BCUT2D eigenvalue weighted by molar-refractivity contribution is 4.66. The fourth-order valence-corrected chi connectivity index (χ4v) is 2.62. The summed E-state index contributed by atoms with van der Waals surface area (Å²) < 4.78 is 0. The van der Waals surface area contributed by atoms with Crippen molar-refractivity contribution in [1.29, 1.82) is 0 Å². The van der Waals surface area contributed by atoms with E-state index in [2.05, 4.69) is 48.5 Å². The molecule has 0 saturated heterocycles. The van der Waals surface area contributed by atoms with Gasteiger partial charge in [0.1, 0.15) is 0 Å². The first-order valence-electron chi connectivity index (χ1n) is 8.84. The third-order valence-electron chi connectivity index (χ3n) is 5.13. The second-order valence-electron chi connectivity index (χ2n) is 7.79. The standard InChI is InChI=1S/C19H40/c1-15(2)11-9-8-10-12-18(6)19(7)14-13-17(5)16(3)4/h15-19H,8-14H2,1-7H3.